The lowest BCUT2D eigenvalue weighted by atomic mass is 9.91. The van der Waals surface area contributed by atoms with Crippen LogP contribution in [0.15, 0.2) is 18.2 Å². The van der Waals surface area contributed by atoms with Crippen LogP contribution in [0.1, 0.15) is 38.5 Å². The van der Waals surface area contributed by atoms with Crippen LogP contribution in [0, 0.1) is 5.92 Å². The third-order valence-corrected chi connectivity index (χ3v) is 5.72. The molecule has 1 aromatic rings. The molecule has 25 heavy (non-hydrogen) atoms. The highest BCUT2D eigenvalue weighted by Gasteiger charge is 2.41. The summed E-state index contributed by atoms with van der Waals surface area (Å²) in [6.45, 7) is 0.821. The summed E-state index contributed by atoms with van der Waals surface area (Å²) in [7, 11) is 0. The molecule has 1 heterocycles. The van der Waals surface area contributed by atoms with Gasteiger partial charge >= 0.3 is 6.18 Å². The zero-order chi connectivity index (χ0) is 18.0. The number of alkyl halides is 3. The van der Waals surface area contributed by atoms with Crippen molar-refractivity contribution in [2.45, 2.75) is 56.8 Å². The first-order valence-electron chi connectivity index (χ1n) is 8.96. The molecular weight excluding hydrogens is 351 g/mol. The van der Waals surface area contributed by atoms with Crippen LogP contribution in [0.2, 0.25) is 5.02 Å². The molecule has 3 N–H and O–H groups in total. The Morgan fingerprint density at radius 1 is 1.04 bits per heavy atom. The Morgan fingerprint density at radius 2 is 1.68 bits per heavy atom. The molecule has 1 aliphatic heterocycles. The molecule has 2 aliphatic rings. The maximum absolute atomic E-state index is 12.8. The summed E-state index contributed by atoms with van der Waals surface area (Å²) in [6, 6.07) is 6.41. The van der Waals surface area contributed by atoms with Gasteiger partial charge < -0.3 is 16.0 Å². The Hall–Kier alpha value is -1.14. The van der Waals surface area contributed by atoms with Gasteiger partial charge in [-0.2, -0.15) is 13.2 Å². The van der Waals surface area contributed by atoms with Crippen molar-refractivity contribution < 1.29 is 13.2 Å². The lowest BCUT2D eigenvalue weighted by molar-refractivity contribution is -0.179. The standard InChI is InChI=1S/C18H25ClF3N3/c19-16-11-15(25-9-7-12(8-10-25)18(20,21)22)5-6-17(16)24-14-3-1-13(23)2-4-14/h5-6,11-14,24H,1-4,7-10,23H2. The molecule has 0 spiro atoms. The molecule has 3 nitrogen and oxygen atoms in total. The van der Waals surface area contributed by atoms with E-state index < -0.39 is 12.1 Å². The van der Waals surface area contributed by atoms with Crippen LogP contribution in [0.5, 0.6) is 0 Å². The molecule has 0 radical (unpaired) electrons. The van der Waals surface area contributed by atoms with Crippen molar-refractivity contribution in [3.05, 3.63) is 23.2 Å². The molecule has 1 aromatic carbocycles. The predicted octanol–water partition coefficient (Wildman–Crippen LogP) is 4.80. The molecule has 7 heteroatoms. The summed E-state index contributed by atoms with van der Waals surface area (Å²) >= 11 is 6.40. The van der Waals surface area contributed by atoms with Gasteiger partial charge in [0.15, 0.2) is 0 Å². The summed E-state index contributed by atoms with van der Waals surface area (Å²) in [5, 5.41) is 4.09. The van der Waals surface area contributed by atoms with Crippen LogP contribution in [0.3, 0.4) is 0 Å². The molecular formula is C18H25ClF3N3. The molecule has 0 amide bonds. The first-order valence-corrected chi connectivity index (χ1v) is 9.34. The number of rotatable bonds is 3. The molecule has 3 rings (SSSR count). The fourth-order valence-electron chi connectivity index (χ4n) is 3.77. The average Bonchev–Trinajstić information content (AvgIpc) is 2.58. The van der Waals surface area contributed by atoms with E-state index in [0.717, 1.165) is 37.1 Å². The Bertz CT molecular complexity index is 577. The van der Waals surface area contributed by atoms with Crippen LogP contribution in [-0.2, 0) is 0 Å². The van der Waals surface area contributed by atoms with Crippen LogP contribution in [0.4, 0.5) is 24.5 Å². The molecule has 2 fully saturated rings. The maximum Gasteiger partial charge on any atom is 0.391 e. The minimum atomic E-state index is -4.08. The second-order valence-electron chi connectivity index (χ2n) is 7.22. The van der Waals surface area contributed by atoms with Crippen molar-refractivity contribution in [3.8, 4) is 0 Å². The first-order chi connectivity index (χ1) is 11.8. The highest BCUT2D eigenvalue weighted by atomic mass is 35.5. The van der Waals surface area contributed by atoms with Gasteiger partial charge in [-0.05, 0) is 56.7 Å². The number of hydrogen-bond donors (Lipinski definition) is 2. The molecule has 140 valence electrons. The van der Waals surface area contributed by atoms with E-state index in [1.807, 2.05) is 23.1 Å². The van der Waals surface area contributed by atoms with Crippen molar-refractivity contribution in [1.29, 1.82) is 0 Å². The molecule has 1 aliphatic carbocycles. The van der Waals surface area contributed by atoms with Crippen molar-refractivity contribution >= 4 is 23.0 Å². The van der Waals surface area contributed by atoms with E-state index in [1.54, 1.807) is 0 Å². The highest BCUT2D eigenvalue weighted by molar-refractivity contribution is 6.33. The van der Waals surface area contributed by atoms with Crippen molar-refractivity contribution in [2.24, 2.45) is 11.7 Å². The van der Waals surface area contributed by atoms with Crippen LogP contribution in [0.25, 0.3) is 0 Å². The second kappa shape index (κ2) is 7.62. The number of hydrogen-bond acceptors (Lipinski definition) is 3. The Balaban J connectivity index is 1.59. The predicted molar refractivity (Wildman–Crippen MR) is 96.3 cm³/mol. The van der Waals surface area contributed by atoms with E-state index in [2.05, 4.69) is 5.32 Å². The maximum atomic E-state index is 12.8. The van der Waals surface area contributed by atoms with Crippen LogP contribution in [-0.4, -0.2) is 31.3 Å². The van der Waals surface area contributed by atoms with Gasteiger partial charge in [-0.1, -0.05) is 11.6 Å². The van der Waals surface area contributed by atoms with E-state index in [4.69, 9.17) is 17.3 Å². The lowest BCUT2D eigenvalue weighted by Crippen LogP contribution is -2.39. The van der Waals surface area contributed by atoms with Crippen molar-refractivity contribution in [2.75, 3.05) is 23.3 Å². The summed E-state index contributed by atoms with van der Waals surface area (Å²) < 4.78 is 38.3. The summed E-state index contributed by atoms with van der Waals surface area (Å²) in [4.78, 5) is 1.98. The normalized spacial score (nSPS) is 25.9. The molecule has 1 saturated heterocycles. The van der Waals surface area contributed by atoms with Crippen LogP contribution >= 0.6 is 11.6 Å². The number of nitrogens with two attached hydrogens (primary N) is 1. The quantitative estimate of drug-likeness (QED) is 0.797. The Kier molecular flexibility index (Phi) is 5.68. The lowest BCUT2D eigenvalue weighted by Gasteiger charge is -2.34. The smallest absolute Gasteiger partial charge is 0.381 e. The van der Waals surface area contributed by atoms with Gasteiger partial charge in [0, 0.05) is 30.9 Å². The number of nitrogens with zero attached hydrogens (tertiary/aromatic N) is 1. The van der Waals surface area contributed by atoms with E-state index >= 15 is 0 Å². The summed E-state index contributed by atoms with van der Waals surface area (Å²) in [5.41, 5.74) is 7.71. The third-order valence-electron chi connectivity index (χ3n) is 5.41. The Morgan fingerprint density at radius 3 is 2.24 bits per heavy atom. The van der Waals surface area contributed by atoms with E-state index in [9.17, 15) is 13.2 Å². The number of anilines is 2. The van der Waals surface area contributed by atoms with E-state index in [0.29, 0.717) is 30.2 Å². The monoisotopic (exact) mass is 375 g/mol. The van der Waals surface area contributed by atoms with Gasteiger partial charge in [0.2, 0.25) is 0 Å². The topological polar surface area (TPSA) is 41.3 Å². The van der Waals surface area contributed by atoms with Gasteiger partial charge in [0.05, 0.1) is 16.6 Å². The van der Waals surface area contributed by atoms with Gasteiger partial charge in [0.1, 0.15) is 0 Å². The zero-order valence-electron chi connectivity index (χ0n) is 14.2. The van der Waals surface area contributed by atoms with Crippen LogP contribution < -0.4 is 16.0 Å². The van der Waals surface area contributed by atoms with E-state index in [-0.39, 0.29) is 12.8 Å². The largest absolute Gasteiger partial charge is 0.391 e. The van der Waals surface area contributed by atoms with Gasteiger partial charge in [-0.25, -0.2) is 0 Å². The van der Waals surface area contributed by atoms with Crippen molar-refractivity contribution in [1.82, 2.24) is 0 Å². The number of piperidine rings is 1. The minimum Gasteiger partial charge on any atom is -0.381 e. The molecule has 0 bridgehead atoms. The Labute approximate surface area is 151 Å². The fraction of sp³-hybridized carbons (Fsp3) is 0.667. The number of nitrogens with one attached hydrogen (secondary N) is 1. The SMILES string of the molecule is NC1CCC(Nc2ccc(N3CCC(C(F)(F)F)CC3)cc2Cl)CC1. The minimum absolute atomic E-state index is 0.142. The third kappa shape index (κ3) is 4.73. The molecule has 1 saturated carbocycles. The number of benzene rings is 1. The number of halogens is 4. The highest BCUT2D eigenvalue weighted by Crippen LogP contribution is 2.37. The fourth-order valence-corrected chi connectivity index (χ4v) is 4.00. The summed E-state index contributed by atoms with van der Waals surface area (Å²) in [5.74, 6) is -1.18. The summed E-state index contributed by atoms with van der Waals surface area (Å²) in [6.07, 6.45) is 0.296. The van der Waals surface area contributed by atoms with Crippen molar-refractivity contribution in [3.63, 3.8) is 0 Å². The first kappa shape index (κ1) is 18.6. The zero-order valence-corrected chi connectivity index (χ0v) is 14.9. The van der Waals surface area contributed by atoms with Gasteiger partial charge in [0.25, 0.3) is 0 Å². The molecule has 0 aromatic heterocycles. The van der Waals surface area contributed by atoms with E-state index in [1.165, 1.54) is 0 Å². The average molecular weight is 376 g/mol. The molecule has 0 unspecified atom stereocenters. The van der Waals surface area contributed by atoms with Gasteiger partial charge in [-0.3, -0.25) is 0 Å². The van der Waals surface area contributed by atoms with Gasteiger partial charge in [-0.15, -0.1) is 0 Å². The second-order valence-corrected chi connectivity index (χ2v) is 7.63. The molecule has 0 atom stereocenters.